The highest BCUT2D eigenvalue weighted by Crippen LogP contribution is 2.32. The second-order valence-electron chi connectivity index (χ2n) is 8.63. The van der Waals surface area contributed by atoms with Gasteiger partial charge in [-0.1, -0.05) is 54.6 Å². The third kappa shape index (κ3) is 4.68. The first-order valence-electron chi connectivity index (χ1n) is 11.1. The molecule has 6 heteroatoms. The number of carbonyl (C=O) groups excluding carboxylic acids is 1. The number of rotatable bonds is 6. The zero-order chi connectivity index (χ0) is 24.5. The van der Waals surface area contributed by atoms with E-state index < -0.39 is 15.9 Å². The van der Waals surface area contributed by atoms with Gasteiger partial charge in [-0.2, -0.15) is 0 Å². The molecule has 0 aliphatic carbocycles. The van der Waals surface area contributed by atoms with Crippen LogP contribution in [0.15, 0.2) is 83.8 Å². The van der Waals surface area contributed by atoms with E-state index in [-0.39, 0.29) is 11.4 Å². The van der Waals surface area contributed by atoms with Gasteiger partial charge in [0.25, 0.3) is 10.0 Å². The van der Waals surface area contributed by atoms with Crippen molar-refractivity contribution in [3.05, 3.63) is 101 Å². The predicted octanol–water partition coefficient (Wildman–Crippen LogP) is 5.91. The van der Waals surface area contributed by atoms with Crippen molar-refractivity contribution in [3.8, 4) is 0 Å². The molecule has 0 aliphatic heterocycles. The van der Waals surface area contributed by atoms with Crippen molar-refractivity contribution in [1.29, 1.82) is 0 Å². The van der Waals surface area contributed by atoms with Gasteiger partial charge < -0.3 is 5.32 Å². The van der Waals surface area contributed by atoms with E-state index in [0.717, 1.165) is 27.6 Å². The Balaban J connectivity index is 1.80. The maximum atomic E-state index is 14.1. The highest BCUT2D eigenvalue weighted by Gasteiger charge is 2.30. The zero-order valence-electron chi connectivity index (χ0n) is 19.8. The molecule has 0 saturated heterocycles. The van der Waals surface area contributed by atoms with Gasteiger partial charge in [0.1, 0.15) is 6.54 Å². The van der Waals surface area contributed by atoms with Gasteiger partial charge in [-0.25, -0.2) is 8.42 Å². The zero-order valence-corrected chi connectivity index (χ0v) is 20.6. The Bertz CT molecular complexity index is 1470. The molecular formula is C28H28N2O3S. The van der Waals surface area contributed by atoms with Crippen molar-refractivity contribution in [3.63, 3.8) is 0 Å². The van der Waals surface area contributed by atoms with Crippen molar-refractivity contribution >= 4 is 38.1 Å². The van der Waals surface area contributed by atoms with Crippen LogP contribution in [0.4, 0.5) is 11.4 Å². The molecule has 1 N–H and O–H groups in total. The van der Waals surface area contributed by atoms with Crippen LogP contribution in [0.25, 0.3) is 10.8 Å². The third-order valence-corrected chi connectivity index (χ3v) is 7.77. The fraction of sp³-hybridized carbons (Fsp3) is 0.179. The lowest BCUT2D eigenvalue weighted by Gasteiger charge is -2.27. The normalized spacial score (nSPS) is 11.4. The Morgan fingerprint density at radius 3 is 2.21 bits per heavy atom. The van der Waals surface area contributed by atoms with Crippen LogP contribution in [0.5, 0.6) is 0 Å². The van der Waals surface area contributed by atoms with E-state index in [4.69, 9.17) is 0 Å². The molecule has 4 aromatic carbocycles. The highest BCUT2D eigenvalue weighted by atomic mass is 32.2. The van der Waals surface area contributed by atoms with Gasteiger partial charge >= 0.3 is 0 Å². The minimum absolute atomic E-state index is 0.172. The molecule has 0 aliphatic rings. The van der Waals surface area contributed by atoms with Crippen LogP contribution in [-0.4, -0.2) is 20.9 Å². The summed E-state index contributed by atoms with van der Waals surface area (Å²) in [7, 11) is -4.05. The molecule has 0 unspecified atom stereocenters. The van der Waals surface area contributed by atoms with E-state index in [9.17, 15) is 13.2 Å². The summed E-state index contributed by atoms with van der Waals surface area (Å²) in [6, 6.07) is 23.8. The number of carbonyl (C=O) groups is 1. The van der Waals surface area contributed by atoms with Gasteiger partial charge in [0.15, 0.2) is 0 Å². The van der Waals surface area contributed by atoms with Crippen LogP contribution in [0.3, 0.4) is 0 Å². The van der Waals surface area contributed by atoms with Gasteiger partial charge in [-0.3, -0.25) is 9.10 Å². The summed E-state index contributed by atoms with van der Waals surface area (Å²) in [5.74, 6) is -0.408. The molecule has 0 atom stereocenters. The van der Waals surface area contributed by atoms with E-state index in [1.54, 1.807) is 24.3 Å². The Morgan fingerprint density at radius 1 is 0.824 bits per heavy atom. The molecule has 0 radical (unpaired) electrons. The quantitative estimate of drug-likeness (QED) is 0.379. The average Bonchev–Trinajstić information content (AvgIpc) is 2.78. The van der Waals surface area contributed by atoms with Crippen LogP contribution < -0.4 is 9.62 Å². The molecule has 0 bridgehead atoms. The summed E-state index contributed by atoms with van der Waals surface area (Å²) in [5.41, 5.74) is 4.93. The summed E-state index contributed by atoms with van der Waals surface area (Å²) in [6.45, 7) is 7.37. The molecule has 0 heterocycles. The minimum atomic E-state index is -4.05. The molecule has 0 aromatic heterocycles. The van der Waals surface area contributed by atoms with Gasteiger partial charge in [0, 0.05) is 11.1 Å². The highest BCUT2D eigenvalue weighted by molar-refractivity contribution is 7.93. The Morgan fingerprint density at radius 2 is 1.47 bits per heavy atom. The number of anilines is 2. The minimum Gasteiger partial charge on any atom is -0.324 e. The monoisotopic (exact) mass is 472 g/mol. The number of nitrogens with zero attached hydrogens (tertiary/aromatic N) is 1. The van der Waals surface area contributed by atoms with Crippen LogP contribution in [0.2, 0.25) is 0 Å². The van der Waals surface area contributed by atoms with Crippen LogP contribution in [-0.2, 0) is 14.8 Å². The van der Waals surface area contributed by atoms with Crippen molar-refractivity contribution in [1.82, 2.24) is 0 Å². The molecule has 0 saturated carbocycles. The number of hydrogen-bond donors (Lipinski definition) is 1. The van der Waals surface area contributed by atoms with Gasteiger partial charge in [0.2, 0.25) is 5.91 Å². The summed E-state index contributed by atoms with van der Waals surface area (Å²) >= 11 is 0. The van der Waals surface area contributed by atoms with Crippen molar-refractivity contribution in [2.75, 3.05) is 16.2 Å². The largest absolute Gasteiger partial charge is 0.324 e. The number of aryl methyl sites for hydroxylation is 3. The number of benzene rings is 4. The summed E-state index contributed by atoms with van der Waals surface area (Å²) in [6.07, 6.45) is 0. The van der Waals surface area contributed by atoms with E-state index in [1.807, 2.05) is 82.3 Å². The number of sulfonamides is 1. The van der Waals surface area contributed by atoms with E-state index in [0.29, 0.717) is 16.8 Å². The summed E-state index contributed by atoms with van der Waals surface area (Å²) < 4.78 is 29.3. The second-order valence-corrected chi connectivity index (χ2v) is 10.5. The first-order valence-corrected chi connectivity index (χ1v) is 12.6. The molecule has 0 fully saturated rings. The van der Waals surface area contributed by atoms with Crippen molar-refractivity contribution in [2.45, 2.75) is 32.6 Å². The van der Waals surface area contributed by atoms with E-state index >= 15 is 0 Å². The lowest BCUT2D eigenvalue weighted by Crippen LogP contribution is -2.38. The molecule has 5 nitrogen and oxygen atoms in total. The topological polar surface area (TPSA) is 66.5 Å². The van der Waals surface area contributed by atoms with E-state index in [2.05, 4.69) is 5.32 Å². The number of nitrogens with one attached hydrogen (secondary N) is 1. The lowest BCUT2D eigenvalue weighted by atomic mass is 10.1. The Labute approximate surface area is 201 Å². The van der Waals surface area contributed by atoms with Crippen LogP contribution in [0.1, 0.15) is 22.3 Å². The predicted molar refractivity (Wildman–Crippen MR) is 139 cm³/mol. The second kappa shape index (κ2) is 9.31. The number of amides is 1. The van der Waals surface area contributed by atoms with Crippen LogP contribution >= 0.6 is 0 Å². The fourth-order valence-corrected chi connectivity index (χ4v) is 5.92. The Hall–Kier alpha value is -3.64. The maximum Gasteiger partial charge on any atom is 0.265 e. The van der Waals surface area contributed by atoms with Gasteiger partial charge in [0.05, 0.1) is 10.6 Å². The molecule has 1 amide bonds. The average molecular weight is 473 g/mol. The Kier molecular flexibility index (Phi) is 6.44. The first kappa shape index (κ1) is 23.5. The molecule has 4 aromatic rings. The fourth-order valence-electron chi connectivity index (χ4n) is 4.22. The standard InChI is InChI=1S/C28H28N2O3S/c1-19-15-20(2)17-24(16-19)29-28(31)18-30(26-13-7-9-21(3)22(26)4)34(32,33)27-14-8-11-23-10-5-6-12-25(23)27/h5-17H,18H2,1-4H3,(H,29,31). The molecule has 0 spiro atoms. The van der Waals surface area contributed by atoms with Crippen molar-refractivity contribution < 1.29 is 13.2 Å². The molecule has 34 heavy (non-hydrogen) atoms. The van der Waals surface area contributed by atoms with Crippen LogP contribution in [0, 0.1) is 27.7 Å². The molecule has 174 valence electrons. The van der Waals surface area contributed by atoms with Gasteiger partial charge in [-0.15, -0.1) is 0 Å². The SMILES string of the molecule is Cc1cc(C)cc(NC(=O)CN(c2cccc(C)c2C)S(=O)(=O)c2cccc3ccccc23)c1. The first-order chi connectivity index (χ1) is 16.2. The maximum absolute atomic E-state index is 14.1. The third-order valence-electron chi connectivity index (χ3n) is 5.96. The molecular weight excluding hydrogens is 444 g/mol. The summed E-state index contributed by atoms with van der Waals surface area (Å²) in [4.78, 5) is 13.3. The smallest absolute Gasteiger partial charge is 0.265 e. The van der Waals surface area contributed by atoms with E-state index in [1.165, 1.54) is 4.31 Å². The van der Waals surface area contributed by atoms with Gasteiger partial charge in [-0.05, 0) is 79.6 Å². The lowest BCUT2D eigenvalue weighted by molar-refractivity contribution is -0.114. The molecule has 4 rings (SSSR count). The summed E-state index contributed by atoms with van der Waals surface area (Å²) in [5, 5.41) is 4.32. The van der Waals surface area contributed by atoms with Crippen molar-refractivity contribution in [2.24, 2.45) is 0 Å². The number of fused-ring (bicyclic) bond motifs is 1. The number of hydrogen-bond acceptors (Lipinski definition) is 3.